The minimum Gasteiger partial charge on any atom is -0.377 e. The molecule has 0 radical (unpaired) electrons. The summed E-state index contributed by atoms with van der Waals surface area (Å²) in [6, 6.07) is 21.9. The van der Waals surface area contributed by atoms with E-state index < -0.39 is 8.80 Å². The van der Waals surface area contributed by atoms with Crippen molar-refractivity contribution in [2.45, 2.75) is 25.8 Å². The third kappa shape index (κ3) is 16.1. The van der Waals surface area contributed by atoms with Gasteiger partial charge < -0.3 is 28.4 Å². The standard InChI is InChI=1S/C16H19Si.C12H24O6.K/c1-16(2,3)17(14-10-6-4-7-11-14)15-12-8-5-9-13-15;1-2-14-5-6-16-9-10-18-12-11-17-8-7-15-4-3-13-1;/h4-13H,1-3H3;1-12H2;/q-1;;+1. The van der Waals surface area contributed by atoms with Gasteiger partial charge in [0.05, 0.1) is 79.3 Å². The number of ether oxygens (including phenoxy) is 6. The minimum atomic E-state index is -0.715. The van der Waals surface area contributed by atoms with E-state index in [0.29, 0.717) is 84.3 Å². The first-order chi connectivity index (χ1) is 17.1. The maximum absolute atomic E-state index is 5.33. The van der Waals surface area contributed by atoms with Gasteiger partial charge in [-0.2, -0.15) is 10.4 Å². The van der Waals surface area contributed by atoms with E-state index in [0.717, 1.165) is 0 Å². The summed E-state index contributed by atoms with van der Waals surface area (Å²) in [4.78, 5) is 0. The minimum absolute atomic E-state index is 0. The fourth-order valence-electron chi connectivity index (χ4n) is 3.56. The quantitative estimate of drug-likeness (QED) is 0.506. The average Bonchev–Trinajstić information content (AvgIpc) is 2.85. The van der Waals surface area contributed by atoms with E-state index in [1.807, 2.05) is 0 Å². The van der Waals surface area contributed by atoms with Crippen molar-refractivity contribution in [1.82, 2.24) is 0 Å². The number of hydrogen-bond acceptors (Lipinski definition) is 6. The zero-order valence-corrected chi connectivity index (χ0v) is 26.8. The summed E-state index contributed by atoms with van der Waals surface area (Å²) in [6.45, 7) is 14.1. The predicted molar refractivity (Wildman–Crippen MR) is 143 cm³/mol. The van der Waals surface area contributed by atoms with Gasteiger partial charge in [0.15, 0.2) is 0 Å². The Balaban J connectivity index is 0.000000351. The molecule has 1 aliphatic heterocycles. The molecule has 2 aromatic rings. The van der Waals surface area contributed by atoms with E-state index in [9.17, 15) is 0 Å². The molecule has 0 aliphatic carbocycles. The van der Waals surface area contributed by atoms with Gasteiger partial charge in [-0.25, -0.2) is 8.80 Å². The maximum Gasteiger partial charge on any atom is 1.00 e. The Labute approximate surface area is 262 Å². The molecule has 0 unspecified atom stereocenters. The zero-order valence-electron chi connectivity index (χ0n) is 22.7. The van der Waals surface area contributed by atoms with Crippen LogP contribution < -0.4 is 61.8 Å². The Morgan fingerprint density at radius 2 is 0.667 bits per heavy atom. The van der Waals surface area contributed by atoms with E-state index in [-0.39, 0.29) is 51.4 Å². The molecule has 0 atom stereocenters. The van der Waals surface area contributed by atoms with Gasteiger partial charge in [-0.3, -0.25) is 0 Å². The van der Waals surface area contributed by atoms with Crippen LogP contribution in [0.15, 0.2) is 60.7 Å². The molecule has 2 aromatic carbocycles. The first kappa shape index (κ1) is 34.1. The Morgan fingerprint density at radius 1 is 0.444 bits per heavy atom. The first-order valence-corrected chi connectivity index (χ1v) is 14.0. The summed E-state index contributed by atoms with van der Waals surface area (Å²) in [5, 5.41) is 3.32. The van der Waals surface area contributed by atoms with Gasteiger partial charge in [-0.15, -0.1) is 5.04 Å². The molecule has 1 saturated heterocycles. The van der Waals surface area contributed by atoms with Gasteiger partial charge in [-0.1, -0.05) is 81.4 Å². The van der Waals surface area contributed by atoms with Gasteiger partial charge in [0.1, 0.15) is 0 Å². The van der Waals surface area contributed by atoms with Crippen molar-refractivity contribution in [3.8, 4) is 0 Å². The van der Waals surface area contributed by atoms with E-state index in [1.54, 1.807) is 0 Å². The van der Waals surface area contributed by atoms with Gasteiger partial charge >= 0.3 is 51.4 Å². The van der Waals surface area contributed by atoms with Gasteiger partial charge in [0.25, 0.3) is 0 Å². The summed E-state index contributed by atoms with van der Waals surface area (Å²) >= 11 is 0. The molecule has 0 amide bonds. The molecule has 36 heavy (non-hydrogen) atoms. The van der Waals surface area contributed by atoms with Crippen molar-refractivity contribution < 1.29 is 79.8 Å². The first-order valence-electron chi connectivity index (χ1n) is 12.5. The molecule has 3 rings (SSSR count). The summed E-state index contributed by atoms with van der Waals surface area (Å²) in [7, 11) is -0.715. The summed E-state index contributed by atoms with van der Waals surface area (Å²) < 4.78 is 32.0. The van der Waals surface area contributed by atoms with Crippen LogP contribution in [0.2, 0.25) is 5.04 Å². The Kier molecular flexibility index (Phi) is 20.8. The third-order valence-corrected chi connectivity index (χ3v) is 8.43. The molecule has 6 nitrogen and oxygen atoms in total. The second-order valence-electron chi connectivity index (χ2n) is 9.03. The van der Waals surface area contributed by atoms with Crippen LogP contribution in [-0.4, -0.2) is 88.1 Å². The smallest absolute Gasteiger partial charge is 0.377 e. The second-order valence-corrected chi connectivity index (χ2v) is 12.4. The van der Waals surface area contributed by atoms with Crippen LogP contribution in [0.5, 0.6) is 0 Å². The van der Waals surface area contributed by atoms with Crippen LogP contribution in [0.4, 0.5) is 0 Å². The van der Waals surface area contributed by atoms with E-state index in [4.69, 9.17) is 28.4 Å². The van der Waals surface area contributed by atoms with Crippen LogP contribution >= 0.6 is 0 Å². The predicted octanol–water partition coefficient (Wildman–Crippen LogP) is 0.199. The van der Waals surface area contributed by atoms with Crippen molar-refractivity contribution in [2.75, 3.05) is 79.3 Å². The molecule has 1 fully saturated rings. The normalized spacial score (nSPS) is 17.3. The molecular formula is C28H43KO6Si. The molecule has 0 bridgehead atoms. The van der Waals surface area contributed by atoms with Crippen LogP contribution in [0.25, 0.3) is 0 Å². The topological polar surface area (TPSA) is 55.4 Å². The summed E-state index contributed by atoms with van der Waals surface area (Å²) in [5.41, 5.74) is 0. The van der Waals surface area contributed by atoms with Crippen molar-refractivity contribution in [3.05, 3.63) is 60.7 Å². The Bertz CT molecular complexity index is 630. The van der Waals surface area contributed by atoms with Gasteiger partial charge in [0, 0.05) is 0 Å². The van der Waals surface area contributed by atoms with E-state index >= 15 is 0 Å². The molecule has 1 aliphatic rings. The molecule has 0 aromatic heterocycles. The number of rotatable bonds is 2. The van der Waals surface area contributed by atoms with Crippen LogP contribution in [0, 0.1) is 0 Å². The summed E-state index contributed by atoms with van der Waals surface area (Å²) in [6.07, 6.45) is 0. The van der Waals surface area contributed by atoms with Crippen molar-refractivity contribution in [3.63, 3.8) is 0 Å². The van der Waals surface area contributed by atoms with E-state index in [2.05, 4.69) is 81.4 Å². The van der Waals surface area contributed by atoms with E-state index in [1.165, 1.54) is 10.4 Å². The number of benzene rings is 2. The Hall–Kier alpha value is 0.0532. The monoisotopic (exact) mass is 542 g/mol. The van der Waals surface area contributed by atoms with Crippen molar-refractivity contribution in [2.24, 2.45) is 0 Å². The molecule has 1 heterocycles. The largest absolute Gasteiger partial charge is 1.00 e. The molecule has 0 N–H and O–H groups in total. The van der Waals surface area contributed by atoms with Crippen LogP contribution in [0.3, 0.4) is 0 Å². The molecule has 0 spiro atoms. The fraction of sp³-hybridized carbons (Fsp3) is 0.571. The maximum atomic E-state index is 5.33. The molecule has 0 saturated carbocycles. The average molecular weight is 543 g/mol. The Morgan fingerprint density at radius 3 is 0.861 bits per heavy atom. The van der Waals surface area contributed by atoms with Crippen LogP contribution in [0.1, 0.15) is 20.8 Å². The van der Waals surface area contributed by atoms with Crippen molar-refractivity contribution >= 4 is 19.2 Å². The van der Waals surface area contributed by atoms with Crippen molar-refractivity contribution in [1.29, 1.82) is 0 Å². The zero-order chi connectivity index (χ0) is 25.0. The third-order valence-electron chi connectivity index (χ3n) is 5.11. The second kappa shape index (κ2) is 21.9. The summed E-state index contributed by atoms with van der Waals surface area (Å²) in [5.74, 6) is 0. The van der Waals surface area contributed by atoms with Gasteiger partial charge in [-0.05, 0) is 0 Å². The van der Waals surface area contributed by atoms with Gasteiger partial charge in [0.2, 0.25) is 0 Å². The molecule has 196 valence electrons. The fourth-order valence-corrected chi connectivity index (χ4v) is 6.68. The number of hydrogen-bond donors (Lipinski definition) is 0. The van der Waals surface area contributed by atoms with Crippen LogP contribution in [-0.2, 0) is 28.4 Å². The molecule has 8 heteroatoms. The SMILES string of the molecule is C1COCCOCCOCCOCCOCCO1.CC(C)(C)[Si-](c1ccccc1)c1ccccc1.[K+]. The molecular weight excluding hydrogens is 499 g/mol.